The first kappa shape index (κ1) is 78.6. The topological polar surface area (TPSA) is 276 Å². The molecule has 4 bridgehead atoms. The summed E-state index contributed by atoms with van der Waals surface area (Å²) in [4.78, 5) is 112. The van der Waals surface area contributed by atoms with Gasteiger partial charge in [-0.15, -0.1) is 0 Å². The molecule has 9 atom stereocenters. The number of aromatic nitrogens is 1. The standard InChI is InChI=1S/C78H100ClN7O17/c1-48-21-20-28-65(96-13)78(95)45-64(100-74(93)81-78)50(3)71-77(8,103-71)66(44-68(89)84(11)63-41-52(39-48)40-49(2)70(63)79)101-73(92)51(4)83(10)67(88)32-35-97-37-38-98-36-33-80-72(91)54(29-30-69(90)102-76(5,6)7)43-56(87)31-34-86-55(42-53-22-14-19-27-62(53)86)46-82(9)85(12)75(94)99-47-61-59-25-17-15-23-57(59)58-24-16-18-26-60(58)61/h14-28,40-42,50-51,54,61,64-66,71,95H,29-39,43-47H2,1-13H3,(H,80,91)(H,81,93)/b28-20+,48-21+/t50-,51+,54-,64+,65-,66+,71?,77+,78-/m1/s1. The number of nitrogens with zero attached hydrogens (tertiary/aromatic N) is 5. The number of likely N-dealkylation sites (N-methyl/N-ethyl adjacent to an activating group) is 1. The van der Waals surface area contributed by atoms with Gasteiger partial charge in [0.15, 0.2) is 5.72 Å². The minimum absolute atomic E-state index is 0.0237. The van der Waals surface area contributed by atoms with Gasteiger partial charge in [0.05, 0.1) is 62.6 Å². The van der Waals surface area contributed by atoms with Gasteiger partial charge in [-0.25, -0.2) is 24.4 Å². The third-order valence-corrected chi connectivity index (χ3v) is 20.4. The fourth-order valence-corrected chi connectivity index (χ4v) is 14.0. The van der Waals surface area contributed by atoms with E-state index in [1.54, 1.807) is 72.9 Å². The number of alkyl carbamates (subject to hydrolysis) is 1. The Morgan fingerprint density at radius 1 is 0.883 bits per heavy atom. The first-order valence-electron chi connectivity index (χ1n) is 35.2. The van der Waals surface area contributed by atoms with Crippen molar-refractivity contribution in [3.8, 4) is 11.1 Å². The lowest BCUT2D eigenvalue weighted by atomic mass is 9.83. The molecule has 1 aromatic heterocycles. The number of halogens is 1. The van der Waals surface area contributed by atoms with Crippen molar-refractivity contribution < 1.29 is 81.4 Å². The number of Topliss-reactive ketones (excluding diaryl/α,β-unsaturated/α-hetero) is 1. The van der Waals surface area contributed by atoms with E-state index in [0.717, 1.165) is 55.6 Å². The zero-order chi connectivity index (χ0) is 74.7. The number of nitrogens with one attached hydrogen (secondary N) is 2. The number of ether oxygens (including phenoxy) is 8. The maximum atomic E-state index is 14.4. The van der Waals surface area contributed by atoms with Gasteiger partial charge in [-0.3, -0.25) is 29.3 Å². The molecule has 4 aliphatic rings. The Morgan fingerprint density at radius 2 is 1.55 bits per heavy atom. The average Bonchev–Trinajstić information content (AvgIpc) is 1.58. The quantitative estimate of drug-likeness (QED) is 0.0145. The number of carbonyl (C=O) groups excluding carboxylic acids is 8. The molecule has 5 aromatic rings. The molecular weight excluding hydrogens is 1340 g/mol. The van der Waals surface area contributed by atoms with Crippen molar-refractivity contribution in [3.63, 3.8) is 0 Å². The highest BCUT2D eigenvalue weighted by molar-refractivity contribution is 6.34. The molecule has 1 aliphatic carbocycles. The number of aryl methyl sites for hydroxylation is 2. The van der Waals surface area contributed by atoms with E-state index >= 15 is 0 Å². The molecule has 0 saturated carbocycles. The van der Waals surface area contributed by atoms with E-state index in [4.69, 9.17) is 49.5 Å². The molecule has 3 aliphatic heterocycles. The molecule has 2 fully saturated rings. The molecule has 556 valence electrons. The second-order valence-corrected chi connectivity index (χ2v) is 29.0. The number of ketones is 1. The van der Waals surface area contributed by atoms with E-state index in [1.165, 1.54) is 35.9 Å². The SMILES string of the molecule is CO[C@@H]1/C=C/C=C(\C)Cc2cc(C)c(Cl)c(c2)N(C)C(=O)C[C@H](OC(=O)[C@H](C)N(C)C(=O)CCOCCOCCNC(=O)[C@H](CCC(=O)OC(C)(C)C)CC(=O)CCn2c(CN(C)N(C)C(=O)OCC3c4ccccc4-c4ccccc43)cc3ccccc32)[C@]2(C)OC2[C@H](C)[C@@H]2C[C@]1(O)NC(=O)O2. The minimum Gasteiger partial charge on any atom is -0.460 e. The van der Waals surface area contributed by atoms with E-state index in [1.807, 2.05) is 91.2 Å². The summed E-state index contributed by atoms with van der Waals surface area (Å²) in [5.41, 5.74) is 5.32. The Balaban J connectivity index is 0.741. The first-order valence-corrected chi connectivity index (χ1v) is 35.6. The van der Waals surface area contributed by atoms with Gasteiger partial charge in [0.2, 0.25) is 17.7 Å². The van der Waals surface area contributed by atoms with Crippen molar-refractivity contribution in [2.24, 2.45) is 11.8 Å². The number of methoxy groups -OCH3 is 1. The van der Waals surface area contributed by atoms with E-state index < -0.39 is 101 Å². The maximum absolute atomic E-state index is 14.4. The third-order valence-electron chi connectivity index (χ3n) is 19.9. The highest BCUT2D eigenvalue weighted by Gasteiger charge is 2.64. The Labute approximate surface area is 608 Å². The third kappa shape index (κ3) is 19.7. The van der Waals surface area contributed by atoms with Crippen LogP contribution in [0.25, 0.3) is 22.0 Å². The summed E-state index contributed by atoms with van der Waals surface area (Å²) in [6, 6.07) is 28.8. The van der Waals surface area contributed by atoms with Crippen molar-refractivity contribution in [1.29, 1.82) is 0 Å². The Hall–Kier alpha value is -8.49. The van der Waals surface area contributed by atoms with Crippen molar-refractivity contribution in [3.05, 3.63) is 148 Å². The van der Waals surface area contributed by atoms with Crippen LogP contribution in [0.1, 0.15) is 127 Å². The molecule has 4 aromatic carbocycles. The van der Waals surface area contributed by atoms with Gasteiger partial charge in [-0.2, -0.15) is 0 Å². The van der Waals surface area contributed by atoms with Crippen LogP contribution in [-0.2, 0) is 86.2 Å². The number of hydrazine groups is 1. The van der Waals surface area contributed by atoms with Crippen LogP contribution in [0.2, 0.25) is 5.02 Å². The van der Waals surface area contributed by atoms with Gasteiger partial charge in [0, 0.05) is 103 Å². The lowest BCUT2D eigenvalue weighted by Crippen LogP contribution is -2.63. The summed E-state index contributed by atoms with van der Waals surface area (Å²) in [5.74, 6) is -4.34. The van der Waals surface area contributed by atoms with Crippen molar-refractivity contribution in [1.82, 2.24) is 30.1 Å². The number of carbonyl (C=O) groups is 8. The van der Waals surface area contributed by atoms with Gasteiger partial charge < -0.3 is 62.7 Å². The number of benzene rings is 4. The lowest BCUT2D eigenvalue weighted by molar-refractivity contribution is -0.162. The number of amides is 5. The normalized spacial score (nSPS) is 22.6. The zero-order valence-corrected chi connectivity index (χ0v) is 62.2. The average molecular weight is 1440 g/mol. The smallest absolute Gasteiger partial charge is 0.424 e. The van der Waals surface area contributed by atoms with Crippen LogP contribution in [0.3, 0.4) is 0 Å². The van der Waals surface area contributed by atoms with Crippen LogP contribution in [-0.4, -0.2) is 194 Å². The lowest BCUT2D eigenvalue weighted by Gasteiger charge is -2.42. The number of allylic oxidation sites excluding steroid dienone is 3. The number of para-hydroxylation sites is 1. The second kappa shape index (κ2) is 34.4. The number of esters is 2. The summed E-state index contributed by atoms with van der Waals surface area (Å²) in [6.07, 6.45) is -0.0884. The Morgan fingerprint density at radius 3 is 2.24 bits per heavy atom. The molecule has 0 spiro atoms. The molecule has 24 nitrogen and oxygen atoms in total. The predicted octanol–water partition coefficient (Wildman–Crippen LogP) is 10.3. The van der Waals surface area contributed by atoms with Crippen LogP contribution >= 0.6 is 11.6 Å². The number of hydrogen-bond donors (Lipinski definition) is 3. The van der Waals surface area contributed by atoms with Crippen LogP contribution in [0, 0.1) is 18.8 Å². The summed E-state index contributed by atoms with van der Waals surface area (Å²) >= 11 is 6.87. The highest BCUT2D eigenvalue weighted by Crippen LogP contribution is 2.50. The maximum Gasteiger partial charge on any atom is 0.424 e. The monoisotopic (exact) mass is 1440 g/mol. The molecule has 4 heterocycles. The van der Waals surface area contributed by atoms with Crippen molar-refractivity contribution in [2.45, 2.75) is 173 Å². The Bertz CT molecular complexity index is 3930. The summed E-state index contributed by atoms with van der Waals surface area (Å²) in [6.45, 7) is 15.1. The van der Waals surface area contributed by atoms with Gasteiger partial charge in [-0.1, -0.05) is 115 Å². The van der Waals surface area contributed by atoms with Crippen molar-refractivity contribution >= 4 is 75.8 Å². The molecule has 2 saturated heterocycles. The highest BCUT2D eigenvalue weighted by atomic mass is 35.5. The number of aliphatic hydroxyl groups is 1. The summed E-state index contributed by atoms with van der Waals surface area (Å²) in [7, 11) is 7.93. The van der Waals surface area contributed by atoms with E-state index in [0.29, 0.717) is 23.7 Å². The van der Waals surface area contributed by atoms with E-state index in [2.05, 4.69) is 34.9 Å². The van der Waals surface area contributed by atoms with E-state index in [9.17, 15) is 43.5 Å². The minimum atomic E-state index is -1.88. The largest absolute Gasteiger partial charge is 0.460 e. The predicted molar refractivity (Wildman–Crippen MR) is 387 cm³/mol. The van der Waals surface area contributed by atoms with Crippen LogP contribution < -0.4 is 15.5 Å². The van der Waals surface area contributed by atoms with Gasteiger partial charge in [0.1, 0.15) is 47.9 Å². The van der Waals surface area contributed by atoms with Crippen LogP contribution in [0.15, 0.2) is 115 Å². The van der Waals surface area contributed by atoms with Crippen LogP contribution in [0.5, 0.6) is 0 Å². The van der Waals surface area contributed by atoms with Crippen LogP contribution in [0.4, 0.5) is 15.3 Å². The zero-order valence-electron chi connectivity index (χ0n) is 61.4. The van der Waals surface area contributed by atoms with E-state index in [-0.39, 0.29) is 103 Å². The molecule has 9 rings (SSSR count). The summed E-state index contributed by atoms with van der Waals surface area (Å²) in [5, 5.41) is 21.8. The molecule has 1 unspecified atom stereocenters. The van der Waals surface area contributed by atoms with Gasteiger partial charge in [-0.05, 0) is 118 Å². The molecule has 25 heteroatoms. The number of anilines is 1. The Kier molecular flexibility index (Phi) is 26.3. The first-order chi connectivity index (χ1) is 48.9. The second-order valence-electron chi connectivity index (χ2n) is 28.6. The number of epoxide rings is 1. The number of rotatable bonds is 27. The molecule has 3 N–H and O–H groups in total. The van der Waals surface area contributed by atoms with Crippen molar-refractivity contribution in [2.75, 3.05) is 79.8 Å². The number of fused-ring (bicyclic) bond motifs is 9. The van der Waals surface area contributed by atoms with Gasteiger partial charge in [0.25, 0.3) is 0 Å². The number of hydrogen-bond acceptors (Lipinski definition) is 18. The fourth-order valence-electron chi connectivity index (χ4n) is 13.8. The molecular formula is C78H100ClN7O17. The summed E-state index contributed by atoms with van der Waals surface area (Å²) < 4.78 is 49.0. The molecule has 103 heavy (non-hydrogen) atoms. The molecule has 5 amide bonds. The van der Waals surface area contributed by atoms with Gasteiger partial charge >= 0.3 is 24.1 Å². The molecule has 0 radical (unpaired) electrons. The fraction of sp³-hybridized carbons (Fsp3) is 0.513.